The second-order valence-corrected chi connectivity index (χ2v) is 5.67. The van der Waals surface area contributed by atoms with Crippen LogP contribution in [0.15, 0.2) is 24.3 Å². The molecule has 0 bridgehead atoms. The monoisotopic (exact) mass is 342 g/mol. The number of hydrogen-bond donors (Lipinski definition) is 1. The van der Waals surface area contributed by atoms with Crippen LogP contribution in [0.2, 0.25) is 0 Å². The van der Waals surface area contributed by atoms with Crippen molar-refractivity contribution < 1.29 is 9.72 Å². The molecule has 7 nitrogen and oxygen atoms in total. The summed E-state index contributed by atoms with van der Waals surface area (Å²) in [6.45, 7) is 5.62. The minimum Gasteiger partial charge on any atom is -0.360 e. The molecule has 1 aromatic carbocycles. The van der Waals surface area contributed by atoms with E-state index in [-0.39, 0.29) is 42.6 Å². The van der Waals surface area contributed by atoms with Crippen LogP contribution < -0.4 is 10.2 Å². The molecular weight excluding hydrogens is 320 g/mol. The lowest BCUT2D eigenvalue weighted by Crippen LogP contribution is -2.58. The van der Waals surface area contributed by atoms with Crippen molar-refractivity contribution in [3.05, 3.63) is 34.4 Å². The van der Waals surface area contributed by atoms with Crippen LogP contribution in [0.5, 0.6) is 0 Å². The summed E-state index contributed by atoms with van der Waals surface area (Å²) in [5.41, 5.74) is 0.469. The fraction of sp³-hybridized carbons (Fsp3) is 0.533. The standard InChI is InChI=1S/C15H22N4O3.ClH/c1-11-12(2)18(9-8-16-11)15(20)10-17(3)13-6-4-5-7-14(13)19(21)22;/h4-7,11-12,16H,8-10H2,1-3H3;1H. The molecule has 1 aromatic rings. The van der Waals surface area contributed by atoms with Crippen LogP contribution in [0, 0.1) is 10.1 Å². The van der Waals surface area contributed by atoms with Gasteiger partial charge in [0.2, 0.25) is 5.91 Å². The summed E-state index contributed by atoms with van der Waals surface area (Å²) in [7, 11) is 1.70. The Bertz CT molecular complexity index is 569. The SMILES string of the molecule is CC1NCCN(C(=O)CN(C)c2ccccc2[N+](=O)[O-])C1C.Cl. The quantitative estimate of drug-likeness (QED) is 0.665. The second-order valence-electron chi connectivity index (χ2n) is 5.67. The fourth-order valence-corrected chi connectivity index (χ4v) is 2.73. The van der Waals surface area contributed by atoms with Crippen molar-refractivity contribution in [2.75, 3.05) is 31.6 Å². The van der Waals surface area contributed by atoms with E-state index in [2.05, 4.69) is 12.2 Å². The zero-order chi connectivity index (χ0) is 16.3. The lowest BCUT2D eigenvalue weighted by Gasteiger charge is -2.39. The van der Waals surface area contributed by atoms with Crippen LogP contribution in [0.1, 0.15) is 13.8 Å². The summed E-state index contributed by atoms with van der Waals surface area (Å²) >= 11 is 0. The maximum absolute atomic E-state index is 12.5. The fourth-order valence-electron chi connectivity index (χ4n) is 2.73. The van der Waals surface area contributed by atoms with Gasteiger partial charge in [-0.1, -0.05) is 12.1 Å². The van der Waals surface area contributed by atoms with Crippen LogP contribution in [-0.4, -0.2) is 54.5 Å². The van der Waals surface area contributed by atoms with Gasteiger partial charge in [0.15, 0.2) is 0 Å². The summed E-state index contributed by atoms with van der Waals surface area (Å²) < 4.78 is 0. The number of amides is 1. The highest BCUT2D eigenvalue weighted by molar-refractivity contribution is 5.85. The number of carbonyl (C=O) groups is 1. The van der Waals surface area contributed by atoms with E-state index in [4.69, 9.17) is 0 Å². The van der Waals surface area contributed by atoms with E-state index in [1.54, 1.807) is 30.1 Å². The molecular formula is C15H23ClN4O3. The number of likely N-dealkylation sites (N-methyl/N-ethyl adjacent to an activating group) is 1. The average Bonchev–Trinajstić information content (AvgIpc) is 2.49. The Balaban J connectivity index is 0.00000264. The minimum absolute atomic E-state index is 0. The molecule has 0 radical (unpaired) electrons. The van der Waals surface area contributed by atoms with Crippen LogP contribution in [0.3, 0.4) is 0 Å². The van der Waals surface area contributed by atoms with Crippen molar-refractivity contribution >= 4 is 29.7 Å². The van der Waals surface area contributed by atoms with E-state index in [1.165, 1.54) is 6.07 Å². The molecule has 1 aliphatic heterocycles. The highest BCUT2D eigenvalue weighted by atomic mass is 35.5. The zero-order valence-corrected chi connectivity index (χ0v) is 14.4. The Kier molecular flexibility index (Phi) is 6.78. The Morgan fingerprint density at radius 3 is 2.74 bits per heavy atom. The molecule has 23 heavy (non-hydrogen) atoms. The van der Waals surface area contributed by atoms with Gasteiger partial charge in [-0.3, -0.25) is 14.9 Å². The lowest BCUT2D eigenvalue weighted by atomic mass is 10.1. The Morgan fingerprint density at radius 1 is 1.43 bits per heavy atom. The lowest BCUT2D eigenvalue weighted by molar-refractivity contribution is -0.384. The van der Waals surface area contributed by atoms with E-state index < -0.39 is 4.92 Å². The second kappa shape index (κ2) is 8.12. The normalized spacial score (nSPS) is 20.6. The van der Waals surface area contributed by atoms with Gasteiger partial charge in [-0.2, -0.15) is 0 Å². The highest BCUT2D eigenvalue weighted by Crippen LogP contribution is 2.26. The molecule has 8 heteroatoms. The summed E-state index contributed by atoms with van der Waals surface area (Å²) in [6.07, 6.45) is 0. The van der Waals surface area contributed by atoms with Gasteiger partial charge in [0.05, 0.1) is 11.5 Å². The van der Waals surface area contributed by atoms with Crippen molar-refractivity contribution in [3.8, 4) is 0 Å². The zero-order valence-electron chi connectivity index (χ0n) is 13.6. The van der Waals surface area contributed by atoms with E-state index in [0.717, 1.165) is 6.54 Å². The predicted octanol–water partition coefficient (Wildman–Crippen LogP) is 1.66. The number of nitrogens with one attached hydrogen (secondary N) is 1. The number of carbonyl (C=O) groups excluding carboxylic acids is 1. The molecule has 0 spiro atoms. The Morgan fingerprint density at radius 2 is 2.09 bits per heavy atom. The topological polar surface area (TPSA) is 78.7 Å². The number of para-hydroxylation sites is 2. The van der Waals surface area contributed by atoms with Gasteiger partial charge < -0.3 is 15.1 Å². The molecule has 2 unspecified atom stereocenters. The number of piperazine rings is 1. The molecule has 1 fully saturated rings. The molecule has 1 aliphatic rings. The Hall–Kier alpha value is -1.86. The smallest absolute Gasteiger partial charge is 0.292 e. The predicted molar refractivity (Wildman–Crippen MR) is 92.3 cm³/mol. The van der Waals surface area contributed by atoms with Crippen molar-refractivity contribution in [2.45, 2.75) is 25.9 Å². The molecule has 2 rings (SSSR count). The number of hydrogen-bond acceptors (Lipinski definition) is 5. The number of benzene rings is 1. The first-order chi connectivity index (χ1) is 10.4. The third-order valence-corrected chi connectivity index (χ3v) is 4.22. The third-order valence-electron chi connectivity index (χ3n) is 4.22. The van der Waals surface area contributed by atoms with E-state index in [1.807, 2.05) is 11.8 Å². The van der Waals surface area contributed by atoms with E-state index in [9.17, 15) is 14.9 Å². The summed E-state index contributed by atoms with van der Waals surface area (Å²) in [4.78, 5) is 26.6. The first-order valence-corrected chi connectivity index (χ1v) is 7.39. The summed E-state index contributed by atoms with van der Waals surface area (Å²) in [5.74, 6) is -0.0125. The molecule has 0 saturated carbocycles. The first-order valence-electron chi connectivity index (χ1n) is 7.39. The number of nitrogens with zero attached hydrogens (tertiary/aromatic N) is 3. The third kappa shape index (κ3) is 4.33. The number of rotatable bonds is 4. The van der Waals surface area contributed by atoms with Crippen LogP contribution >= 0.6 is 12.4 Å². The molecule has 1 saturated heterocycles. The molecule has 1 amide bonds. The molecule has 2 atom stereocenters. The van der Waals surface area contributed by atoms with E-state index >= 15 is 0 Å². The number of nitro groups is 1. The van der Waals surface area contributed by atoms with Crippen molar-refractivity contribution in [3.63, 3.8) is 0 Å². The minimum atomic E-state index is -0.425. The largest absolute Gasteiger partial charge is 0.360 e. The van der Waals surface area contributed by atoms with Gasteiger partial charge in [0.25, 0.3) is 5.69 Å². The van der Waals surface area contributed by atoms with E-state index in [0.29, 0.717) is 12.2 Å². The average molecular weight is 343 g/mol. The molecule has 1 heterocycles. The van der Waals surface area contributed by atoms with Crippen LogP contribution in [-0.2, 0) is 4.79 Å². The van der Waals surface area contributed by atoms with Gasteiger partial charge in [-0.25, -0.2) is 0 Å². The van der Waals surface area contributed by atoms with Crippen LogP contribution in [0.4, 0.5) is 11.4 Å². The number of anilines is 1. The maximum atomic E-state index is 12.5. The number of halogens is 1. The van der Waals surface area contributed by atoms with Gasteiger partial charge >= 0.3 is 0 Å². The molecule has 128 valence electrons. The van der Waals surface area contributed by atoms with Crippen molar-refractivity contribution in [1.29, 1.82) is 0 Å². The van der Waals surface area contributed by atoms with Gasteiger partial charge in [-0.15, -0.1) is 12.4 Å². The highest BCUT2D eigenvalue weighted by Gasteiger charge is 2.29. The maximum Gasteiger partial charge on any atom is 0.292 e. The number of nitro benzene ring substituents is 1. The summed E-state index contributed by atoms with van der Waals surface area (Å²) in [6, 6.07) is 6.83. The van der Waals surface area contributed by atoms with Gasteiger partial charge in [0, 0.05) is 38.3 Å². The molecule has 0 aliphatic carbocycles. The first kappa shape index (κ1) is 19.2. The van der Waals surface area contributed by atoms with Gasteiger partial charge in [-0.05, 0) is 19.9 Å². The van der Waals surface area contributed by atoms with Crippen molar-refractivity contribution in [2.24, 2.45) is 0 Å². The summed E-state index contributed by atoms with van der Waals surface area (Å²) in [5, 5.41) is 14.4. The molecule has 1 N–H and O–H groups in total. The molecule has 0 aromatic heterocycles. The Labute approximate surface area is 142 Å². The van der Waals surface area contributed by atoms with Crippen LogP contribution in [0.25, 0.3) is 0 Å². The van der Waals surface area contributed by atoms with Gasteiger partial charge in [0.1, 0.15) is 5.69 Å². The van der Waals surface area contributed by atoms with Crippen molar-refractivity contribution in [1.82, 2.24) is 10.2 Å².